The number of hydrogen-bond acceptors (Lipinski definition) is 0. The van der Waals surface area contributed by atoms with Crippen LogP contribution in [-0.4, -0.2) is 9.52 Å². The summed E-state index contributed by atoms with van der Waals surface area (Å²) in [6.07, 6.45) is 0. The molecule has 0 aliphatic carbocycles. The first kappa shape index (κ1) is 36.2. The largest absolute Gasteiger partial charge is 4.00 e. The van der Waals surface area contributed by atoms with Gasteiger partial charge in [-0.2, -0.15) is 12.1 Å². The molecule has 0 aromatic heterocycles. The molecular weight excluding hydrogens is 659 g/mol. The average Bonchev–Trinajstić information content (AvgIpc) is 3.59. The van der Waals surface area contributed by atoms with E-state index in [-0.39, 0.29) is 51.0 Å². The molecule has 0 saturated carbocycles. The Hall–Kier alpha value is -3.00. The van der Waals surface area contributed by atoms with E-state index in [2.05, 4.69) is 166 Å². The summed E-state index contributed by atoms with van der Waals surface area (Å²) >= 11 is 0. The number of halogens is 2. The number of aryl methyl sites for hydroxylation is 2. The molecule has 0 saturated heterocycles. The fraction of sp³-hybridized carbons (Fsp3) is 0.0769. The van der Waals surface area contributed by atoms with Crippen molar-refractivity contribution < 1.29 is 51.0 Å². The van der Waals surface area contributed by atoms with Gasteiger partial charge in [-0.1, -0.05) is 140 Å². The van der Waals surface area contributed by atoms with Gasteiger partial charge in [-0.3, -0.25) is 0 Å². The Morgan fingerprint density at radius 3 is 1.19 bits per heavy atom. The van der Waals surface area contributed by atoms with Crippen LogP contribution in [0.25, 0.3) is 43.8 Å². The molecule has 7 aromatic carbocycles. The third-order valence-corrected chi connectivity index (χ3v) is 7.93. The maximum absolute atomic E-state index is 2.26. The third-order valence-electron chi connectivity index (χ3n) is 7.02. The quantitative estimate of drug-likeness (QED) is 0.193. The molecule has 2 radical (unpaired) electrons. The van der Waals surface area contributed by atoms with E-state index in [1.807, 2.05) is 6.07 Å². The fourth-order valence-electron chi connectivity index (χ4n) is 5.11. The summed E-state index contributed by atoms with van der Waals surface area (Å²) < 4.78 is 0. The van der Waals surface area contributed by atoms with Crippen LogP contribution in [0.5, 0.6) is 0 Å². The standard InChI is InChI=1S/2C16H13.C7H8Si.2ClH.Zr/c2*1-12-10-14-8-5-9-15(16(14)11-12)13-6-3-2-4-7-13;1-8-7-5-3-2-4-6-7;;;/h2*2-11H,1H3;2-6H,1H3;2*1H;/q2*-1;;;;+4/p-2. The van der Waals surface area contributed by atoms with E-state index in [0.717, 1.165) is 9.52 Å². The molecule has 0 bridgehead atoms. The van der Waals surface area contributed by atoms with Crippen molar-refractivity contribution in [3.8, 4) is 22.3 Å². The van der Waals surface area contributed by atoms with Crippen LogP contribution in [0, 0.1) is 13.8 Å². The molecule has 212 valence electrons. The Kier molecular flexibility index (Phi) is 15.1. The van der Waals surface area contributed by atoms with Gasteiger partial charge in [-0.25, -0.2) is 0 Å². The van der Waals surface area contributed by atoms with Crippen LogP contribution in [0.2, 0.25) is 6.55 Å². The molecular formula is C39H34Cl2SiZr. The van der Waals surface area contributed by atoms with Crippen LogP contribution in [0.4, 0.5) is 0 Å². The average molecular weight is 693 g/mol. The van der Waals surface area contributed by atoms with E-state index < -0.39 is 0 Å². The predicted octanol–water partition coefficient (Wildman–Crippen LogP) is 4.14. The molecule has 0 aliphatic rings. The van der Waals surface area contributed by atoms with Crippen molar-refractivity contribution in [3.63, 3.8) is 0 Å². The Labute approximate surface area is 290 Å². The Morgan fingerprint density at radius 2 is 0.837 bits per heavy atom. The second kappa shape index (κ2) is 18.0. The van der Waals surface area contributed by atoms with Crippen molar-refractivity contribution in [2.45, 2.75) is 20.4 Å². The van der Waals surface area contributed by atoms with E-state index in [9.17, 15) is 0 Å². The van der Waals surface area contributed by atoms with E-state index in [4.69, 9.17) is 0 Å². The first-order valence-electron chi connectivity index (χ1n) is 13.8. The minimum atomic E-state index is 0. The summed E-state index contributed by atoms with van der Waals surface area (Å²) in [6.45, 7) is 6.49. The zero-order valence-corrected chi connectivity index (χ0v) is 29.7. The first-order chi connectivity index (χ1) is 19.6. The van der Waals surface area contributed by atoms with Gasteiger partial charge in [-0.15, -0.1) is 69.1 Å². The van der Waals surface area contributed by atoms with Crippen LogP contribution in [0.15, 0.2) is 152 Å². The van der Waals surface area contributed by atoms with E-state index in [1.54, 1.807) is 0 Å². The van der Waals surface area contributed by atoms with Crippen molar-refractivity contribution in [2.75, 3.05) is 0 Å². The topological polar surface area (TPSA) is 0 Å². The molecule has 0 unspecified atom stereocenters. The SMILES string of the molecule is C[Si]c1ccccc1.Cc1cc2c(-c3ccccc3)cccc2[cH-]1.Cc1cc2c(-c3ccccc3)cccc2[cH-]1.[Cl-].[Cl-].[Zr+4]. The van der Waals surface area contributed by atoms with Gasteiger partial charge in [0.2, 0.25) is 0 Å². The maximum Gasteiger partial charge on any atom is 4.00 e. The maximum atomic E-state index is 2.26. The summed E-state index contributed by atoms with van der Waals surface area (Å²) in [4.78, 5) is 0. The summed E-state index contributed by atoms with van der Waals surface area (Å²) in [6, 6.07) is 53.6. The molecule has 43 heavy (non-hydrogen) atoms. The van der Waals surface area contributed by atoms with E-state index in [0.29, 0.717) is 0 Å². The second-order valence-corrected chi connectivity index (χ2v) is 11.1. The van der Waals surface area contributed by atoms with Gasteiger partial charge in [0.1, 0.15) is 0 Å². The number of benzene rings is 5. The summed E-state index contributed by atoms with van der Waals surface area (Å²) in [7, 11) is 0.930. The van der Waals surface area contributed by atoms with Crippen molar-refractivity contribution in [1.82, 2.24) is 0 Å². The normalized spacial score (nSPS) is 9.74. The Bertz CT molecular complexity index is 1670. The molecule has 0 heterocycles. The van der Waals surface area contributed by atoms with E-state index >= 15 is 0 Å². The van der Waals surface area contributed by atoms with Crippen LogP contribution in [0.3, 0.4) is 0 Å². The molecule has 0 amide bonds. The minimum Gasteiger partial charge on any atom is -1.00 e. The number of fused-ring (bicyclic) bond motifs is 2. The molecule has 0 nitrogen and oxygen atoms in total. The summed E-state index contributed by atoms with van der Waals surface area (Å²) in [5, 5.41) is 6.81. The summed E-state index contributed by atoms with van der Waals surface area (Å²) in [5.74, 6) is 0. The van der Waals surface area contributed by atoms with Crippen LogP contribution in [-0.2, 0) is 26.2 Å². The molecule has 7 aromatic rings. The van der Waals surface area contributed by atoms with E-state index in [1.165, 1.54) is 60.1 Å². The molecule has 0 N–H and O–H groups in total. The monoisotopic (exact) mass is 690 g/mol. The van der Waals surface area contributed by atoms with Gasteiger partial charge in [-0.05, 0) is 11.1 Å². The Balaban J connectivity index is 0.000000229. The van der Waals surface area contributed by atoms with Gasteiger partial charge in [0, 0.05) is 0 Å². The molecule has 7 rings (SSSR count). The third kappa shape index (κ3) is 9.49. The van der Waals surface area contributed by atoms with Gasteiger partial charge in [0.15, 0.2) is 0 Å². The number of rotatable bonds is 3. The number of hydrogen-bond donors (Lipinski definition) is 0. The predicted molar refractivity (Wildman–Crippen MR) is 177 cm³/mol. The van der Waals surface area contributed by atoms with Gasteiger partial charge < -0.3 is 24.8 Å². The molecule has 0 atom stereocenters. The molecule has 4 heteroatoms. The fourth-order valence-corrected chi connectivity index (χ4v) is 5.64. The van der Waals surface area contributed by atoms with Crippen LogP contribution < -0.4 is 30.0 Å². The molecule has 0 aliphatic heterocycles. The smallest absolute Gasteiger partial charge is 1.00 e. The zero-order valence-electron chi connectivity index (χ0n) is 24.7. The first-order valence-corrected chi connectivity index (χ1v) is 15.3. The van der Waals surface area contributed by atoms with Crippen molar-refractivity contribution in [3.05, 3.63) is 163 Å². The van der Waals surface area contributed by atoms with Gasteiger partial charge >= 0.3 is 26.2 Å². The van der Waals surface area contributed by atoms with Crippen molar-refractivity contribution >= 4 is 36.3 Å². The van der Waals surface area contributed by atoms with Gasteiger partial charge in [0.05, 0.1) is 9.52 Å². The Morgan fingerprint density at radius 1 is 0.465 bits per heavy atom. The minimum absolute atomic E-state index is 0. The molecule has 0 spiro atoms. The van der Waals surface area contributed by atoms with Gasteiger partial charge in [0.25, 0.3) is 0 Å². The second-order valence-electron chi connectivity index (χ2n) is 10.0. The summed E-state index contributed by atoms with van der Waals surface area (Å²) in [5.41, 5.74) is 7.89. The van der Waals surface area contributed by atoms with Crippen molar-refractivity contribution in [2.24, 2.45) is 0 Å². The molecule has 0 fully saturated rings. The zero-order chi connectivity index (χ0) is 27.7. The van der Waals surface area contributed by atoms with Crippen LogP contribution >= 0.6 is 0 Å². The van der Waals surface area contributed by atoms with Crippen molar-refractivity contribution in [1.29, 1.82) is 0 Å². The van der Waals surface area contributed by atoms with Crippen LogP contribution in [0.1, 0.15) is 11.1 Å².